The number of nitrogens with zero attached hydrogens (tertiary/aromatic N) is 4. The fourth-order valence-corrected chi connectivity index (χ4v) is 5.59. The van der Waals surface area contributed by atoms with Crippen molar-refractivity contribution in [3.8, 4) is 0 Å². The third kappa shape index (κ3) is 4.44. The van der Waals surface area contributed by atoms with Crippen LogP contribution in [0.1, 0.15) is 23.6 Å². The molecule has 2 aromatic rings. The van der Waals surface area contributed by atoms with Crippen molar-refractivity contribution >= 4 is 23.6 Å². The molecule has 4 atom stereocenters. The van der Waals surface area contributed by atoms with E-state index in [-0.39, 0.29) is 18.8 Å². The highest BCUT2D eigenvalue weighted by Gasteiger charge is 2.57. The van der Waals surface area contributed by atoms with Gasteiger partial charge in [0, 0.05) is 25.8 Å². The largest absolute Gasteiger partial charge is 0.459 e. The van der Waals surface area contributed by atoms with Crippen molar-refractivity contribution in [2.45, 2.75) is 45.9 Å². The van der Waals surface area contributed by atoms with Crippen LogP contribution in [0, 0.1) is 19.8 Å². The van der Waals surface area contributed by atoms with Gasteiger partial charge in [0.15, 0.2) is 0 Å². The van der Waals surface area contributed by atoms with Crippen LogP contribution in [-0.4, -0.2) is 77.8 Å². The Morgan fingerprint density at radius 3 is 2.44 bits per heavy atom. The van der Waals surface area contributed by atoms with Gasteiger partial charge >= 0.3 is 12.0 Å². The molecule has 0 radical (unpaired) electrons. The van der Waals surface area contributed by atoms with Gasteiger partial charge in [-0.1, -0.05) is 43.3 Å². The number of ether oxygens (including phenoxy) is 1. The lowest BCUT2D eigenvalue weighted by Crippen LogP contribution is -2.67. The number of aryl methyl sites for hydroxylation is 2. The van der Waals surface area contributed by atoms with Crippen molar-refractivity contribution in [2.24, 2.45) is 5.92 Å². The number of carbonyl (C=O) groups excluding carboxylic acids is 3. The molecule has 0 aromatic heterocycles. The van der Waals surface area contributed by atoms with Gasteiger partial charge in [-0.15, -0.1) is 0 Å². The molecule has 0 aliphatic carbocycles. The molecule has 9 nitrogen and oxygen atoms in total. The van der Waals surface area contributed by atoms with E-state index in [4.69, 9.17) is 4.74 Å². The summed E-state index contributed by atoms with van der Waals surface area (Å²) in [4.78, 5) is 46.3. The van der Waals surface area contributed by atoms with Crippen molar-refractivity contribution in [3.05, 3.63) is 65.2 Å². The van der Waals surface area contributed by atoms with Crippen molar-refractivity contribution in [3.63, 3.8) is 0 Å². The highest BCUT2D eigenvalue weighted by Crippen LogP contribution is 2.35. The zero-order valence-electron chi connectivity index (χ0n) is 21.2. The van der Waals surface area contributed by atoms with E-state index < -0.39 is 30.8 Å². The molecule has 36 heavy (non-hydrogen) atoms. The zero-order valence-corrected chi connectivity index (χ0v) is 21.2. The second kappa shape index (κ2) is 9.55. The second-order valence-corrected chi connectivity index (χ2v) is 10.2. The molecule has 190 valence electrons. The molecule has 9 heteroatoms. The van der Waals surface area contributed by atoms with Gasteiger partial charge in [0.25, 0.3) is 5.91 Å². The van der Waals surface area contributed by atoms with Crippen LogP contribution in [0.5, 0.6) is 0 Å². The fraction of sp³-hybridized carbons (Fsp3) is 0.444. The molecule has 3 aliphatic heterocycles. The lowest BCUT2D eigenvalue weighted by Gasteiger charge is -2.46. The second-order valence-electron chi connectivity index (χ2n) is 10.2. The Kier molecular flexibility index (Phi) is 6.44. The van der Waals surface area contributed by atoms with Gasteiger partial charge in [-0.25, -0.2) is 4.79 Å². The molecule has 0 saturated carbocycles. The molecular formula is C27H33N5O4. The topological polar surface area (TPSA) is 85.4 Å². The molecule has 3 fully saturated rings. The van der Waals surface area contributed by atoms with E-state index in [1.165, 1.54) is 16.0 Å². The lowest BCUT2D eigenvalue weighted by molar-refractivity contribution is -0.152. The van der Waals surface area contributed by atoms with Gasteiger partial charge in [-0.3, -0.25) is 24.7 Å². The van der Waals surface area contributed by atoms with Crippen LogP contribution in [0.25, 0.3) is 0 Å². The number of amides is 3. The van der Waals surface area contributed by atoms with E-state index in [0.717, 1.165) is 22.7 Å². The number of hydrogen-bond donors (Lipinski definition) is 1. The van der Waals surface area contributed by atoms with Gasteiger partial charge in [-0.05, 0) is 48.6 Å². The molecule has 3 heterocycles. The van der Waals surface area contributed by atoms with E-state index >= 15 is 0 Å². The summed E-state index contributed by atoms with van der Waals surface area (Å²) in [6.07, 6.45) is -0.716. The lowest BCUT2D eigenvalue weighted by atomic mass is 10.0. The van der Waals surface area contributed by atoms with E-state index in [1.807, 2.05) is 30.3 Å². The molecule has 3 saturated heterocycles. The average Bonchev–Trinajstić information content (AvgIpc) is 3.23. The Labute approximate surface area is 211 Å². The summed E-state index contributed by atoms with van der Waals surface area (Å²) in [7, 11) is 1.67. The summed E-state index contributed by atoms with van der Waals surface area (Å²) in [5, 5.41) is 3.53. The maximum atomic E-state index is 13.7. The van der Waals surface area contributed by atoms with Crippen molar-refractivity contribution in [1.29, 1.82) is 0 Å². The monoisotopic (exact) mass is 491 g/mol. The number of rotatable bonds is 5. The highest BCUT2D eigenvalue weighted by atomic mass is 16.5. The molecule has 3 amide bonds. The van der Waals surface area contributed by atoms with Crippen LogP contribution in [-0.2, 0) is 20.9 Å². The van der Waals surface area contributed by atoms with Crippen molar-refractivity contribution in [1.82, 2.24) is 20.0 Å². The van der Waals surface area contributed by atoms with Crippen LogP contribution >= 0.6 is 0 Å². The van der Waals surface area contributed by atoms with Gasteiger partial charge in [0.1, 0.15) is 31.6 Å². The van der Waals surface area contributed by atoms with E-state index in [2.05, 4.69) is 54.1 Å². The Hall–Kier alpha value is -3.43. The van der Waals surface area contributed by atoms with Crippen molar-refractivity contribution in [2.75, 3.05) is 31.6 Å². The van der Waals surface area contributed by atoms with Crippen LogP contribution < -0.4 is 10.2 Å². The minimum atomic E-state index is -0.612. The van der Waals surface area contributed by atoms with E-state index in [9.17, 15) is 14.4 Å². The minimum Gasteiger partial charge on any atom is -0.459 e. The van der Waals surface area contributed by atoms with Crippen LogP contribution in [0.15, 0.2) is 48.5 Å². The highest BCUT2D eigenvalue weighted by molar-refractivity contribution is 6.02. The number of likely N-dealkylation sites (N-methyl/N-ethyl adjacent to an activating group) is 1. The summed E-state index contributed by atoms with van der Waals surface area (Å²) in [5.74, 6) is -0.675. The van der Waals surface area contributed by atoms with Crippen molar-refractivity contribution < 1.29 is 19.1 Å². The normalized spacial score (nSPS) is 26.2. The van der Waals surface area contributed by atoms with Crippen LogP contribution in [0.2, 0.25) is 0 Å². The third-order valence-electron chi connectivity index (χ3n) is 7.15. The molecule has 2 aromatic carbocycles. The number of imide groups is 1. The summed E-state index contributed by atoms with van der Waals surface area (Å²) < 4.78 is 5.35. The minimum absolute atomic E-state index is 0.0932. The molecule has 0 spiro atoms. The predicted octanol–water partition coefficient (Wildman–Crippen LogP) is 2.28. The number of urea groups is 1. The van der Waals surface area contributed by atoms with Gasteiger partial charge in [0.2, 0.25) is 0 Å². The fourth-order valence-electron chi connectivity index (χ4n) is 5.59. The van der Waals surface area contributed by atoms with Gasteiger partial charge in [-0.2, -0.15) is 0 Å². The summed E-state index contributed by atoms with van der Waals surface area (Å²) in [5.41, 5.74) is 4.28. The molecule has 3 aliphatic rings. The first-order valence-corrected chi connectivity index (χ1v) is 12.4. The van der Waals surface area contributed by atoms with E-state index in [0.29, 0.717) is 12.5 Å². The zero-order chi connectivity index (χ0) is 25.6. The van der Waals surface area contributed by atoms with Crippen LogP contribution in [0.4, 0.5) is 10.5 Å². The number of esters is 1. The smallest absolute Gasteiger partial charge is 0.328 e. The SMILES string of the molecule is Cc1cc(C)cc(N2CC(C)CN3C4C(=O)N(CC(=O)OCc5ccccc5)C(=O)N(C)C4NC23)c1. The average molecular weight is 492 g/mol. The first-order chi connectivity index (χ1) is 17.2. The first kappa shape index (κ1) is 24.3. The Morgan fingerprint density at radius 1 is 1.06 bits per heavy atom. The number of fused-ring (bicyclic) bond motifs is 3. The summed E-state index contributed by atoms with van der Waals surface area (Å²) in [6.45, 7) is 7.55. The third-order valence-corrected chi connectivity index (χ3v) is 7.15. The Morgan fingerprint density at radius 2 is 1.75 bits per heavy atom. The summed E-state index contributed by atoms with van der Waals surface area (Å²) >= 11 is 0. The number of carbonyl (C=O) groups is 3. The van der Waals surface area contributed by atoms with Gasteiger partial charge < -0.3 is 14.5 Å². The standard InChI is InChI=1S/C27H33N5O4/c1-17-10-18(2)12-21(11-17)30-13-19(3)14-31-23-24(28-26(30)31)29(4)27(35)32(25(23)34)15-22(33)36-16-20-8-6-5-7-9-20/h5-12,19,23-24,26,28H,13-16H2,1-4H3. The van der Waals surface area contributed by atoms with Crippen LogP contribution in [0.3, 0.4) is 0 Å². The van der Waals surface area contributed by atoms with E-state index in [1.54, 1.807) is 7.05 Å². The summed E-state index contributed by atoms with van der Waals surface area (Å²) in [6, 6.07) is 14.7. The number of hydrogen-bond acceptors (Lipinski definition) is 7. The first-order valence-electron chi connectivity index (χ1n) is 12.4. The Balaban J connectivity index is 1.35. The molecule has 0 bridgehead atoms. The maximum Gasteiger partial charge on any atom is 0.328 e. The number of benzene rings is 2. The quantitative estimate of drug-likeness (QED) is 0.643. The molecular weight excluding hydrogens is 458 g/mol. The van der Waals surface area contributed by atoms with Gasteiger partial charge in [0.05, 0.1) is 0 Å². The maximum absolute atomic E-state index is 13.7. The molecule has 1 N–H and O–H groups in total. The Bertz CT molecular complexity index is 1150. The number of anilines is 1. The number of nitrogens with one attached hydrogen (secondary N) is 1. The molecule has 4 unspecified atom stereocenters. The predicted molar refractivity (Wildman–Crippen MR) is 135 cm³/mol. The molecule has 5 rings (SSSR count).